The Hall–Kier alpha value is -1.05. The van der Waals surface area contributed by atoms with Crippen LogP contribution in [0.25, 0.3) is 0 Å². The summed E-state index contributed by atoms with van der Waals surface area (Å²) in [6.07, 6.45) is 0. The number of halogens is 3. The van der Waals surface area contributed by atoms with Crippen LogP contribution < -0.4 is 0 Å². The van der Waals surface area contributed by atoms with E-state index in [1.807, 2.05) is 0 Å². The van der Waals surface area contributed by atoms with Gasteiger partial charge >= 0.3 is 5.97 Å². The van der Waals surface area contributed by atoms with Gasteiger partial charge in [0, 0.05) is 0 Å². The van der Waals surface area contributed by atoms with E-state index in [1.54, 1.807) is 6.92 Å². The molecule has 0 aliphatic rings. The molecule has 0 aliphatic heterocycles. The highest BCUT2D eigenvalue weighted by atomic mass is 35.6. The van der Waals surface area contributed by atoms with Gasteiger partial charge in [0.15, 0.2) is 0 Å². The Morgan fingerprint density at radius 1 is 1.59 bits per heavy atom. The second kappa shape index (κ2) is 5.52. The van der Waals surface area contributed by atoms with Crippen LogP contribution in [0, 0.1) is 0 Å². The third-order valence-corrected chi connectivity index (χ3v) is 1.93. The van der Waals surface area contributed by atoms with Gasteiger partial charge in [-0.2, -0.15) is 4.98 Å². The van der Waals surface area contributed by atoms with E-state index in [2.05, 4.69) is 24.6 Å². The number of alkyl halides is 3. The van der Waals surface area contributed by atoms with E-state index in [4.69, 9.17) is 40.0 Å². The maximum Gasteiger partial charge on any atom is 0.364 e. The van der Waals surface area contributed by atoms with Gasteiger partial charge in [-0.05, 0) is 6.92 Å². The Labute approximate surface area is 110 Å². The highest BCUT2D eigenvalue weighted by Crippen LogP contribution is 2.36. The van der Waals surface area contributed by atoms with Crippen LogP contribution in [0.3, 0.4) is 0 Å². The molecule has 94 valence electrons. The van der Waals surface area contributed by atoms with E-state index >= 15 is 0 Å². The molecule has 10 heteroatoms. The molecule has 0 fully saturated rings. The summed E-state index contributed by atoms with van der Waals surface area (Å²) in [5, 5.41) is 14.7. The SMILES string of the molecule is CCOC(=O)C(=NO)c1noc(C(Cl)(Cl)Cl)n1. The Bertz CT molecular complexity index is 440. The average molecular weight is 303 g/mol. The largest absolute Gasteiger partial charge is 0.461 e. The van der Waals surface area contributed by atoms with Crippen molar-refractivity contribution >= 4 is 46.5 Å². The number of rotatable bonds is 3. The lowest BCUT2D eigenvalue weighted by atomic mass is 10.3. The molecule has 7 nitrogen and oxygen atoms in total. The summed E-state index contributed by atoms with van der Waals surface area (Å²) in [4.78, 5) is 14.9. The number of hydrogen-bond donors (Lipinski definition) is 1. The van der Waals surface area contributed by atoms with Gasteiger partial charge in [0.1, 0.15) is 0 Å². The van der Waals surface area contributed by atoms with Crippen molar-refractivity contribution < 1.29 is 19.3 Å². The number of aromatic nitrogens is 2. The summed E-state index contributed by atoms with van der Waals surface area (Å²) in [5.41, 5.74) is -0.545. The van der Waals surface area contributed by atoms with Gasteiger partial charge in [0.05, 0.1) is 6.61 Å². The molecular formula is C7H6Cl3N3O4. The Morgan fingerprint density at radius 2 is 2.24 bits per heavy atom. The molecule has 0 saturated carbocycles. The lowest BCUT2D eigenvalue weighted by molar-refractivity contribution is -0.135. The summed E-state index contributed by atoms with van der Waals surface area (Å²) in [6.45, 7) is 1.67. The quantitative estimate of drug-likeness (QED) is 0.300. The van der Waals surface area contributed by atoms with Crippen LogP contribution in [0.1, 0.15) is 18.6 Å². The summed E-state index contributed by atoms with van der Waals surface area (Å²) in [6, 6.07) is 0. The number of nitrogens with zero attached hydrogens (tertiary/aromatic N) is 3. The third-order valence-electron chi connectivity index (χ3n) is 1.45. The van der Waals surface area contributed by atoms with Crippen molar-refractivity contribution in [3.63, 3.8) is 0 Å². The Kier molecular flexibility index (Phi) is 4.55. The zero-order valence-corrected chi connectivity index (χ0v) is 10.6. The zero-order chi connectivity index (χ0) is 13.1. The second-order valence-corrected chi connectivity index (χ2v) is 4.87. The third kappa shape index (κ3) is 3.45. The second-order valence-electron chi connectivity index (χ2n) is 2.59. The molecule has 0 aliphatic carbocycles. The maximum absolute atomic E-state index is 11.3. The predicted molar refractivity (Wildman–Crippen MR) is 58.5 cm³/mol. The fraction of sp³-hybridized carbons (Fsp3) is 0.429. The number of carbonyl (C=O) groups excluding carboxylic acids is 1. The van der Waals surface area contributed by atoms with Crippen molar-refractivity contribution in [2.75, 3.05) is 6.61 Å². The van der Waals surface area contributed by atoms with E-state index in [-0.39, 0.29) is 18.3 Å². The van der Waals surface area contributed by atoms with Crippen molar-refractivity contribution in [2.45, 2.75) is 10.7 Å². The van der Waals surface area contributed by atoms with Gasteiger partial charge in [-0.15, -0.1) is 0 Å². The highest BCUT2D eigenvalue weighted by Gasteiger charge is 2.33. The van der Waals surface area contributed by atoms with Crippen LogP contribution in [0.5, 0.6) is 0 Å². The topological polar surface area (TPSA) is 97.8 Å². The first-order valence-corrected chi connectivity index (χ1v) is 5.34. The molecule has 0 bridgehead atoms. The first-order valence-electron chi connectivity index (χ1n) is 4.20. The summed E-state index contributed by atoms with van der Waals surface area (Å²) < 4.78 is 7.25. The molecule has 0 radical (unpaired) electrons. The normalized spacial score (nSPS) is 12.6. The van der Waals surface area contributed by atoms with Gasteiger partial charge in [0.2, 0.25) is 11.5 Å². The molecule has 1 rings (SSSR count). The maximum atomic E-state index is 11.3. The van der Waals surface area contributed by atoms with Crippen LogP contribution in [0.15, 0.2) is 9.68 Å². The van der Waals surface area contributed by atoms with Gasteiger partial charge in [-0.25, -0.2) is 4.79 Å². The van der Waals surface area contributed by atoms with E-state index in [9.17, 15) is 4.79 Å². The number of oxime groups is 1. The Morgan fingerprint density at radius 3 is 2.65 bits per heavy atom. The van der Waals surface area contributed by atoms with Crippen LogP contribution in [-0.2, 0) is 13.3 Å². The van der Waals surface area contributed by atoms with E-state index in [1.165, 1.54) is 0 Å². The van der Waals surface area contributed by atoms with Crippen molar-refractivity contribution in [1.29, 1.82) is 0 Å². The first-order chi connectivity index (χ1) is 7.90. The average Bonchev–Trinajstić information content (AvgIpc) is 2.68. The smallest absolute Gasteiger partial charge is 0.364 e. The number of ether oxygens (including phenoxy) is 1. The summed E-state index contributed by atoms with van der Waals surface area (Å²) in [7, 11) is 0. The minimum absolute atomic E-state index is 0.0903. The molecule has 1 heterocycles. The molecule has 0 aromatic carbocycles. The standard InChI is InChI=1S/C7H6Cl3N3O4/c1-2-16-5(14)3(12-15)4-11-6(17-13-4)7(8,9)10/h15H,2H2,1H3. The van der Waals surface area contributed by atoms with E-state index < -0.39 is 15.5 Å². The summed E-state index contributed by atoms with van der Waals surface area (Å²) in [5.74, 6) is -1.62. The van der Waals surface area contributed by atoms with Gasteiger partial charge in [0.25, 0.3) is 9.68 Å². The zero-order valence-electron chi connectivity index (χ0n) is 8.35. The van der Waals surface area contributed by atoms with E-state index in [0.29, 0.717) is 0 Å². The predicted octanol–water partition coefficient (Wildman–Crippen LogP) is 1.64. The van der Waals surface area contributed by atoms with Crippen LogP contribution in [0.4, 0.5) is 0 Å². The molecule has 17 heavy (non-hydrogen) atoms. The molecular weight excluding hydrogens is 296 g/mol. The number of hydrogen-bond acceptors (Lipinski definition) is 7. The fourth-order valence-electron chi connectivity index (χ4n) is 0.811. The van der Waals surface area contributed by atoms with Gasteiger partial charge in [-0.3, -0.25) is 0 Å². The molecule has 0 amide bonds. The minimum atomic E-state index is -1.93. The molecule has 0 saturated heterocycles. The Balaban J connectivity index is 3.00. The molecule has 1 aromatic rings. The van der Waals surface area contributed by atoms with Crippen LogP contribution >= 0.6 is 34.8 Å². The lowest BCUT2D eigenvalue weighted by Crippen LogP contribution is -2.20. The van der Waals surface area contributed by atoms with Gasteiger partial charge < -0.3 is 14.5 Å². The molecule has 0 spiro atoms. The fourth-order valence-corrected chi connectivity index (χ4v) is 1.04. The summed E-state index contributed by atoms with van der Waals surface area (Å²) >= 11 is 16.4. The van der Waals surface area contributed by atoms with Crippen molar-refractivity contribution in [3.05, 3.63) is 11.7 Å². The lowest BCUT2D eigenvalue weighted by Gasteiger charge is -2.01. The molecule has 0 unspecified atom stereocenters. The van der Waals surface area contributed by atoms with E-state index in [0.717, 1.165) is 0 Å². The van der Waals surface area contributed by atoms with Crippen LogP contribution in [0.2, 0.25) is 0 Å². The molecule has 1 N–H and O–H groups in total. The number of carbonyl (C=O) groups is 1. The van der Waals surface area contributed by atoms with Crippen molar-refractivity contribution in [1.82, 2.24) is 10.1 Å². The number of esters is 1. The molecule has 0 atom stereocenters. The van der Waals surface area contributed by atoms with Gasteiger partial charge in [-0.1, -0.05) is 45.1 Å². The minimum Gasteiger partial charge on any atom is -0.461 e. The molecule has 1 aromatic heterocycles. The highest BCUT2D eigenvalue weighted by molar-refractivity contribution is 6.66. The monoisotopic (exact) mass is 301 g/mol. The van der Waals surface area contributed by atoms with Crippen LogP contribution in [-0.4, -0.2) is 33.6 Å². The van der Waals surface area contributed by atoms with Crippen molar-refractivity contribution in [2.24, 2.45) is 5.16 Å². The first kappa shape index (κ1) is 14.0. The van der Waals surface area contributed by atoms with Crippen molar-refractivity contribution in [3.8, 4) is 0 Å².